The van der Waals surface area contributed by atoms with Crippen molar-refractivity contribution in [2.24, 2.45) is 0 Å². The van der Waals surface area contributed by atoms with Crippen LogP contribution in [-0.4, -0.2) is 11.7 Å². The molecule has 0 aromatic heterocycles. The van der Waals surface area contributed by atoms with Crippen LogP contribution in [0.3, 0.4) is 0 Å². The predicted molar refractivity (Wildman–Crippen MR) is 80.7 cm³/mol. The zero-order valence-corrected chi connectivity index (χ0v) is 11.8. The smallest absolute Gasteiger partial charge is 0.170 e. The van der Waals surface area contributed by atoms with Gasteiger partial charge in [-0.25, -0.2) is 13.2 Å². The molecule has 2 rings (SSSR count). The van der Waals surface area contributed by atoms with Crippen LogP contribution >= 0.6 is 12.2 Å². The molecule has 110 valence electrons. The summed E-state index contributed by atoms with van der Waals surface area (Å²) in [4.78, 5) is 0. The van der Waals surface area contributed by atoms with E-state index in [1.165, 1.54) is 12.1 Å². The van der Waals surface area contributed by atoms with Gasteiger partial charge in [0.05, 0.1) is 0 Å². The lowest BCUT2D eigenvalue weighted by Crippen LogP contribution is -2.30. The highest BCUT2D eigenvalue weighted by atomic mass is 32.1. The van der Waals surface area contributed by atoms with Crippen LogP contribution in [-0.2, 0) is 6.42 Å². The molecule has 2 aromatic carbocycles. The molecular weight excluding hydrogens is 297 g/mol. The molecule has 0 aliphatic heterocycles. The molecule has 0 bridgehead atoms. The monoisotopic (exact) mass is 310 g/mol. The van der Waals surface area contributed by atoms with Crippen molar-refractivity contribution in [3.05, 3.63) is 65.5 Å². The van der Waals surface area contributed by atoms with Gasteiger partial charge >= 0.3 is 0 Å². The first-order valence-electron chi connectivity index (χ1n) is 6.28. The fourth-order valence-electron chi connectivity index (χ4n) is 1.77. The molecule has 0 aliphatic rings. The van der Waals surface area contributed by atoms with Gasteiger partial charge in [0, 0.05) is 18.3 Å². The maximum atomic E-state index is 13.0. The topological polar surface area (TPSA) is 24.1 Å². The Bertz CT molecular complexity index is 609. The van der Waals surface area contributed by atoms with E-state index >= 15 is 0 Å². The number of anilines is 1. The maximum Gasteiger partial charge on any atom is 0.170 e. The summed E-state index contributed by atoms with van der Waals surface area (Å²) >= 11 is 5.03. The molecule has 2 N–H and O–H groups in total. The molecule has 0 saturated heterocycles. The van der Waals surface area contributed by atoms with Crippen LogP contribution in [0.25, 0.3) is 0 Å². The standard InChI is InChI=1S/C15H13F3N2S/c16-11-3-1-10(2-4-11)5-6-19-15(21)20-14-8-12(17)7-13(18)9-14/h1-4,7-9H,5-6H2,(H2,19,20,21). The number of hydrogen-bond donors (Lipinski definition) is 2. The summed E-state index contributed by atoms with van der Waals surface area (Å²) in [7, 11) is 0. The maximum absolute atomic E-state index is 13.0. The minimum Gasteiger partial charge on any atom is -0.362 e. The van der Waals surface area contributed by atoms with Crippen LogP contribution in [0.5, 0.6) is 0 Å². The number of halogens is 3. The molecule has 0 spiro atoms. The number of hydrogen-bond acceptors (Lipinski definition) is 1. The van der Waals surface area contributed by atoms with E-state index < -0.39 is 11.6 Å². The van der Waals surface area contributed by atoms with Gasteiger partial charge in [-0.05, 0) is 48.5 Å². The van der Waals surface area contributed by atoms with E-state index in [-0.39, 0.29) is 16.6 Å². The third-order valence-electron chi connectivity index (χ3n) is 2.73. The van der Waals surface area contributed by atoms with Crippen LogP contribution in [0.2, 0.25) is 0 Å². The van der Waals surface area contributed by atoms with Crippen molar-refractivity contribution in [1.29, 1.82) is 0 Å². The van der Waals surface area contributed by atoms with E-state index in [0.717, 1.165) is 23.8 Å². The molecule has 0 saturated carbocycles. The predicted octanol–water partition coefficient (Wildman–Crippen LogP) is 3.63. The highest BCUT2D eigenvalue weighted by molar-refractivity contribution is 7.80. The number of thiocarbonyl (C=S) groups is 1. The lowest BCUT2D eigenvalue weighted by atomic mass is 10.1. The zero-order valence-electron chi connectivity index (χ0n) is 11.0. The second-order valence-corrected chi connectivity index (χ2v) is 4.82. The summed E-state index contributed by atoms with van der Waals surface area (Å²) in [6.45, 7) is 0.523. The normalized spacial score (nSPS) is 10.2. The minimum absolute atomic E-state index is 0.242. The molecule has 0 aliphatic carbocycles. The Kier molecular flexibility index (Phi) is 5.16. The van der Waals surface area contributed by atoms with Crippen LogP contribution in [0.1, 0.15) is 5.56 Å². The van der Waals surface area contributed by atoms with Crippen molar-refractivity contribution in [1.82, 2.24) is 5.32 Å². The van der Waals surface area contributed by atoms with Crippen molar-refractivity contribution < 1.29 is 13.2 Å². The second kappa shape index (κ2) is 7.08. The summed E-state index contributed by atoms with van der Waals surface area (Å²) in [5, 5.41) is 5.88. The molecule has 0 unspecified atom stereocenters. The molecule has 0 atom stereocenters. The third kappa shape index (κ3) is 5.07. The van der Waals surface area contributed by atoms with Crippen molar-refractivity contribution >= 4 is 23.0 Å². The minimum atomic E-state index is -0.674. The second-order valence-electron chi connectivity index (χ2n) is 4.42. The Morgan fingerprint density at radius 1 is 0.905 bits per heavy atom. The first kappa shape index (κ1) is 15.3. The van der Waals surface area contributed by atoms with Crippen LogP contribution in [0.4, 0.5) is 18.9 Å². The van der Waals surface area contributed by atoms with Crippen LogP contribution in [0.15, 0.2) is 42.5 Å². The molecule has 2 aromatic rings. The van der Waals surface area contributed by atoms with Gasteiger partial charge in [-0.15, -0.1) is 0 Å². The first-order chi connectivity index (χ1) is 10.0. The van der Waals surface area contributed by atoms with E-state index in [2.05, 4.69) is 10.6 Å². The lowest BCUT2D eigenvalue weighted by Gasteiger charge is -2.10. The summed E-state index contributed by atoms with van der Waals surface area (Å²) in [6.07, 6.45) is 0.652. The van der Waals surface area contributed by atoms with Crippen molar-refractivity contribution in [2.75, 3.05) is 11.9 Å². The molecule has 0 radical (unpaired) electrons. The zero-order chi connectivity index (χ0) is 15.2. The Morgan fingerprint density at radius 3 is 2.14 bits per heavy atom. The quantitative estimate of drug-likeness (QED) is 0.843. The Balaban J connectivity index is 1.80. The summed E-state index contributed by atoms with van der Waals surface area (Å²) in [5.41, 5.74) is 1.20. The molecule has 6 heteroatoms. The molecule has 0 fully saturated rings. The van der Waals surface area contributed by atoms with Gasteiger partial charge in [-0.2, -0.15) is 0 Å². The van der Waals surface area contributed by atoms with E-state index in [0.29, 0.717) is 13.0 Å². The van der Waals surface area contributed by atoms with Gasteiger partial charge < -0.3 is 10.6 Å². The summed E-state index contributed by atoms with van der Waals surface area (Å²) in [5.74, 6) is -1.63. The summed E-state index contributed by atoms with van der Waals surface area (Å²) in [6, 6.07) is 9.25. The van der Waals surface area contributed by atoms with Crippen LogP contribution < -0.4 is 10.6 Å². The van der Waals surface area contributed by atoms with E-state index in [9.17, 15) is 13.2 Å². The highest BCUT2D eigenvalue weighted by Gasteiger charge is 2.02. The largest absolute Gasteiger partial charge is 0.362 e. The number of rotatable bonds is 4. The fourth-order valence-corrected chi connectivity index (χ4v) is 1.99. The van der Waals surface area contributed by atoms with Gasteiger partial charge in [-0.1, -0.05) is 12.1 Å². The first-order valence-corrected chi connectivity index (χ1v) is 6.69. The number of benzene rings is 2. The Labute approximate surface area is 126 Å². The fraction of sp³-hybridized carbons (Fsp3) is 0.133. The Hall–Kier alpha value is -2.08. The molecule has 0 heterocycles. The van der Waals surface area contributed by atoms with Gasteiger partial charge in [0.15, 0.2) is 5.11 Å². The lowest BCUT2D eigenvalue weighted by molar-refractivity contribution is 0.584. The third-order valence-corrected chi connectivity index (χ3v) is 2.98. The van der Waals surface area contributed by atoms with E-state index in [1.54, 1.807) is 12.1 Å². The Morgan fingerprint density at radius 2 is 1.52 bits per heavy atom. The van der Waals surface area contributed by atoms with Crippen molar-refractivity contribution in [3.8, 4) is 0 Å². The molecule has 21 heavy (non-hydrogen) atoms. The van der Waals surface area contributed by atoms with Gasteiger partial charge in [-0.3, -0.25) is 0 Å². The van der Waals surface area contributed by atoms with Gasteiger partial charge in [0.25, 0.3) is 0 Å². The average molecular weight is 310 g/mol. The molecule has 2 nitrogen and oxygen atoms in total. The molecule has 0 amide bonds. The molecular formula is C15H13F3N2S. The van der Waals surface area contributed by atoms with Crippen molar-refractivity contribution in [3.63, 3.8) is 0 Å². The van der Waals surface area contributed by atoms with Crippen LogP contribution in [0, 0.1) is 17.5 Å². The van der Waals surface area contributed by atoms with Crippen molar-refractivity contribution in [2.45, 2.75) is 6.42 Å². The summed E-state index contributed by atoms with van der Waals surface area (Å²) < 4.78 is 38.8. The van der Waals surface area contributed by atoms with Gasteiger partial charge in [0.2, 0.25) is 0 Å². The highest BCUT2D eigenvalue weighted by Crippen LogP contribution is 2.12. The van der Waals surface area contributed by atoms with E-state index in [1.807, 2.05) is 0 Å². The SMILES string of the molecule is Fc1ccc(CCNC(=S)Nc2cc(F)cc(F)c2)cc1. The average Bonchev–Trinajstić information content (AvgIpc) is 2.39. The van der Waals surface area contributed by atoms with Gasteiger partial charge in [0.1, 0.15) is 17.5 Å². The van der Waals surface area contributed by atoms with E-state index in [4.69, 9.17) is 12.2 Å². The number of nitrogens with one attached hydrogen (secondary N) is 2.